The summed E-state index contributed by atoms with van der Waals surface area (Å²) in [6.45, 7) is 7.05. The zero-order valence-electron chi connectivity index (χ0n) is 21.0. The highest BCUT2D eigenvalue weighted by Gasteiger charge is 2.21. The van der Waals surface area contributed by atoms with Gasteiger partial charge < -0.3 is 14.8 Å². The minimum absolute atomic E-state index is 0.267. The summed E-state index contributed by atoms with van der Waals surface area (Å²) < 4.78 is 24.9. The van der Waals surface area contributed by atoms with Gasteiger partial charge in [0.1, 0.15) is 5.82 Å². The van der Waals surface area contributed by atoms with Crippen LogP contribution in [0.25, 0.3) is 5.69 Å². The second-order valence-corrected chi connectivity index (χ2v) is 8.51. The molecule has 8 nitrogen and oxygen atoms in total. The summed E-state index contributed by atoms with van der Waals surface area (Å²) >= 11 is 0. The largest absolute Gasteiger partial charge is 0.469 e. The number of nitrogens with zero attached hydrogens (tertiary/aromatic N) is 2. The van der Waals surface area contributed by atoms with Crippen LogP contribution in [0.2, 0.25) is 0 Å². The van der Waals surface area contributed by atoms with Gasteiger partial charge in [-0.25, -0.2) is 13.9 Å². The molecule has 36 heavy (non-hydrogen) atoms. The SMILES string of the molecule is COC(=O)CCc1c(C)nn(-c2ccc(C(=O)OC(C)C(=O)NC(C)c3ccc(F)cc3)cc2)c1C. The number of amides is 1. The number of benzene rings is 2. The van der Waals surface area contributed by atoms with Gasteiger partial charge in [0.2, 0.25) is 0 Å². The number of aryl methyl sites for hydroxylation is 1. The number of ether oxygens (including phenoxy) is 2. The van der Waals surface area contributed by atoms with Crippen LogP contribution in [-0.2, 0) is 25.5 Å². The number of methoxy groups -OCH3 is 1. The Balaban J connectivity index is 1.62. The van der Waals surface area contributed by atoms with Gasteiger partial charge in [0, 0.05) is 12.1 Å². The molecule has 190 valence electrons. The summed E-state index contributed by atoms with van der Waals surface area (Å²) in [6, 6.07) is 12.1. The van der Waals surface area contributed by atoms with E-state index in [0.29, 0.717) is 6.42 Å². The molecule has 0 aliphatic carbocycles. The lowest BCUT2D eigenvalue weighted by Gasteiger charge is -2.18. The molecule has 1 N–H and O–H groups in total. The van der Waals surface area contributed by atoms with Crippen LogP contribution in [0.5, 0.6) is 0 Å². The topological polar surface area (TPSA) is 99.5 Å². The lowest BCUT2D eigenvalue weighted by molar-refractivity contribution is -0.140. The highest BCUT2D eigenvalue weighted by atomic mass is 19.1. The fourth-order valence-corrected chi connectivity index (χ4v) is 3.80. The number of halogens is 1. The fourth-order valence-electron chi connectivity index (χ4n) is 3.80. The molecule has 0 fully saturated rings. The number of hydrogen-bond acceptors (Lipinski definition) is 6. The number of carbonyl (C=O) groups is 3. The van der Waals surface area contributed by atoms with Gasteiger partial charge in [0.25, 0.3) is 5.91 Å². The molecule has 0 bridgehead atoms. The molecule has 2 unspecified atom stereocenters. The Morgan fingerprint density at radius 3 is 2.28 bits per heavy atom. The van der Waals surface area contributed by atoms with Crippen molar-refractivity contribution in [2.45, 2.75) is 52.7 Å². The van der Waals surface area contributed by atoms with Gasteiger partial charge in [-0.2, -0.15) is 5.10 Å². The summed E-state index contributed by atoms with van der Waals surface area (Å²) in [4.78, 5) is 36.6. The Bertz CT molecular complexity index is 1240. The van der Waals surface area contributed by atoms with Gasteiger partial charge in [-0.3, -0.25) is 9.59 Å². The first kappa shape index (κ1) is 26.6. The highest BCUT2D eigenvalue weighted by molar-refractivity contribution is 5.92. The molecule has 1 aromatic heterocycles. The molecule has 1 heterocycles. The van der Waals surface area contributed by atoms with E-state index in [1.165, 1.54) is 26.2 Å². The van der Waals surface area contributed by atoms with Gasteiger partial charge in [0.05, 0.1) is 30.1 Å². The predicted octanol–water partition coefficient (Wildman–Crippen LogP) is 4.16. The van der Waals surface area contributed by atoms with E-state index in [1.54, 1.807) is 48.0 Å². The summed E-state index contributed by atoms with van der Waals surface area (Å²) in [5.74, 6) is -1.73. The van der Waals surface area contributed by atoms with E-state index in [-0.39, 0.29) is 29.8 Å². The Kier molecular flexibility index (Phi) is 8.58. The van der Waals surface area contributed by atoms with Crippen molar-refractivity contribution in [3.05, 3.63) is 82.4 Å². The number of esters is 2. The lowest BCUT2D eigenvalue weighted by Crippen LogP contribution is -2.37. The normalized spacial score (nSPS) is 12.5. The van der Waals surface area contributed by atoms with E-state index >= 15 is 0 Å². The third kappa shape index (κ3) is 6.35. The minimum Gasteiger partial charge on any atom is -0.469 e. The molecule has 0 aliphatic heterocycles. The third-order valence-electron chi connectivity index (χ3n) is 5.98. The molecule has 0 spiro atoms. The maximum atomic E-state index is 13.1. The van der Waals surface area contributed by atoms with Crippen LogP contribution in [0, 0.1) is 19.7 Å². The monoisotopic (exact) mass is 495 g/mol. The second kappa shape index (κ2) is 11.6. The van der Waals surface area contributed by atoms with Crippen molar-refractivity contribution in [3.8, 4) is 5.69 Å². The van der Waals surface area contributed by atoms with Crippen LogP contribution in [-0.4, -0.2) is 40.8 Å². The van der Waals surface area contributed by atoms with Gasteiger partial charge in [-0.05, 0) is 81.6 Å². The molecule has 3 aromatic rings. The zero-order valence-corrected chi connectivity index (χ0v) is 21.0. The number of nitrogens with one attached hydrogen (secondary N) is 1. The molecule has 0 aliphatic rings. The van der Waals surface area contributed by atoms with E-state index in [9.17, 15) is 18.8 Å². The Morgan fingerprint density at radius 2 is 1.67 bits per heavy atom. The summed E-state index contributed by atoms with van der Waals surface area (Å²) in [5, 5.41) is 7.32. The van der Waals surface area contributed by atoms with Gasteiger partial charge >= 0.3 is 11.9 Å². The predicted molar refractivity (Wildman–Crippen MR) is 131 cm³/mol. The first-order valence-electron chi connectivity index (χ1n) is 11.6. The first-order chi connectivity index (χ1) is 17.1. The standard InChI is InChI=1S/C27H30FN3O5/c1-16(20-6-10-22(28)11-7-20)29-26(33)19(4)36-27(34)21-8-12-23(13-9-21)31-18(3)24(17(2)30-31)14-15-25(32)35-5/h6-13,16,19H,14-15H2,1-5H3,(H,29,33). The van der Waals surface area contributed by atoms with Crippen molar-refractivity contribution in [1.82, 2.24) is 15.1 Å². The first-order valence-corrected chi connectivity index (χ1v) is 11.6. The molecule has 2 atom stereocenters. The molecule has 0 radical (unpaired) electrons. The van der Waals surface area contributed by atoms with Crippen LogP contribution < -0.4 is 5.32 Å². The van der Waals surface area contributed by atoms with E-state index in [4.69, 9.17) is 9.47 Å². The van der Waals surface area contributed by atoms with Crippen molar-refractivity contribution >= 4 is 17.8 Å². The van der Waals surface area contributed by atoms with Crippen LogP contribution >= 0.6 is 0 Å². The molecule has 0 saturated heterocycles. The van der Waals surface area contributed by atoms with Crippen molar-refractivity contribution in [3.63, 3.8) is 0 Å². The maximum absolute atomic E-state index is 13.1. The van der Waals surface area contributed by atoms with E-state index < -0.39 is 18.0 Å². The van der Waals surface area contributed by atoms with Crippen molar-refractivity contribution < 1.29 is 28.2 Å². The molecule has 3 rings (SSSR count). The van der Waals surface area contributed by atoms with Gasteiger partial charge in [-0.15, -0.1) is 0 Å². The minimum atomic E-state index is -1.02. The van der Waals surface area contributed by atoms with Crippen LogP contribution in [0.4, 0.5) is 4.39 Å². The average Bonchev–Trinajstić information content (AvgIpc) is 3.15. The number of aromatic nitrogens is 2. The van der Waals surface area contributed by atoms with Crippen LogP contribution in [0.3, 0.4) is 0 Å². The third-order valence-corrected chi connectivity index (χ3v) is 5.98. The van der Waals surface area contributed by atoms with Crippen LogP contribution in [0.1, 0.15) is 59.2 Å². The number of hydrogen-bond donors (Lipinski definition) is 1. The number of rotatable bonds is 9. The molecule has 1 amide bonds. The molecule has 2 aromatic carbocycles. The van der Waals surface area contributed by atoms with E-state index in [1.807, 2.05) is 13.8 Å². The van der Waals surface area contributed by atoms with Crippen molar-refractivity contribution in [2.24, 2.45) is 0 Å². The highest BCUT2D eigenvalue weighted by Crippen LogP contribution is 2.20. The number of carbonyl (C=O) groups excluding carboxylic acids is 3. The van der Waals surface area contributed by atoms with Crippen molar-refractivity contribution in [2.75, 3.05) is 7.11 Å². The summed E-state index contributed by atoms with van der Waals surface area (Å²) in [7, 11) is 1.36. The maximum Gasteiger partial charge on any atom is 0.338 e. The molecule has 0 saturated carbocycles. The smallest absolute Gasteiger partial charge is 0.338 e. The van der Waals surface area contributed by atoms with Crippen molar-refractivity contribution in [1.29, 1.82) is 0 Å². The van der Waals surface area contributed by atoms with E-state index in [0.717, 1.165) is 28.2 Å². The molecular weight excluding hydrogens is 465 g/mol. The quantitative estimate of drug-likeness (QED) is 0.448. The Hall–Kier alpha value is -4.01. The van der Waals surface area contributed by atoms with Gasteiger partial charge in [-0.1, -0.05) is 12.1 Å². The zero-order chi connectivity index (χ0) is 26.4. The van der Waals surface area contributed by atoms with Crippen LogP contribution in [0.15, 0.2) is 48.5 Å². The molecule has 9 heteroatoms. The molecular formula is C27H30FN3O5. The van der Waals surface area contributed by atoms with E-state index in [2.05, 4.69) is 10.4 Å². The fraction of sp³-hybridized carbons (Fsp3) is 0.333. The Labute approximate surface area is 209 Å². The summed E-state index contributed by atoms with van der Waals surface area (Å²) in [5.41, 5.74) is 4.45. The average molecular weight is 496 g/mol. The lowest BCUT2D eigenvalue weighted by atomic mass is 10.1. The second-order valence-electron chi connectivity index (χ2n) is 8.51. The summed E-state index contributed by atoms with van der Waals surface area (Å²) in [6.07, 6.45) is -0.231. The Morgan fingerprint density at radius 1 is 1.03 bits per heavy atom. The van der Waals surface area contributed by atoms with Gasteiger partial charge in [0.15, 0.2) is 6.10 Å².